The molecule has 0 saturated heterocycles. The maximum Gasteiger partial charge on any atom is 0.310 e. The molecule has 0 saturated carbocycles. The fourth-order valence-corrected chi connectivity index (χ4v) is 1.24. The minimum atomic E-state index is -1.52. The minimum Gasteiger partial charge on any atom is -0.481 e. The van der Waals surface area contributed by atoms with Gasteiger partial charge in [-0.15, -0.1) is 0 Å². The van der Waals surface area contributed by atoms with E-state index in [4.69, 9.17) is 16.7 Å². The van der Waals surface area contributed by atoms with Gasteiger partial charge >= 0.3 is 5.97 Å². The molecule has 15 heavy (non-hydrogen) atoms. The van der Waals surface area contributed by atoms with E-state index in [9.17, 15) is 18.0 Å². The lowest BCUT2D eigenvalue weighted by atomic mass is 10.0. The fraction of sp³-hybridized carbons (Fsp3) is 0.222. The Morgan fingerprint density at radius 3 is 2.40 bits per heavy atom. The van der Waals surface area contributed by atoms with Crippen LogP contribution in [0.4, 0.5) is 13.2 Å². The first-order valence-corrected chi connectivity index (χ1v) is 4.29. The highest BCUT2D eigenvalue weighted by Crippen LogP contribution is 2.29. The molecule has 0 radical (unpaired) electrons. The summed E-state index contributed by atoms with van der Waals surface area (Å²) < 4.78 is 38.8. The monoisotopic (exact) mass is 238 g/mol. The van der Waals surface area contributed by atoms with Gasteiger partial charge in [0.25, 0.3) is 0 Å². The number of hydrogen-bond acceptors (Lipinski definition) is 1. The highest BCUT2D eigenvalue weighted by molar-refractivity contribution is 6.31. The molecule has 0 bridgehead atoms. The number of hydrogen-bond donors (Lipinski definition) is 1. The third kappa shape index (κ3) is 2.07. The molecule has 82 valence electrons. The summed E-state index contributed by atoms with van der Waals surface area (Å²) in [5, 5.41) is 7.56. The van der Waals surface area contributed by atoms with E-state index in [1.165, 1.54) is 0 Å². The summed E-state index contributed by atoms with van der Waals surface area (Å²) >= 11 is 5.15. The molecule has 6 heteroatoms. The number of carboxylic acids is 1. The molecule has 0 spiro atoms. The standard InChI is InChI=1S/C9H6ClF3O2/c1-3(9(14)15)4-2-5(11)8(13)6(10)7(4)12/h2-3H,1H3,(H,14,15). The van der Waals surface area contributed by atoms with Crippen molar-refractivity contribution in [3.63, 3.8) is 0 Å². The van der Waals surface area contributed by atoms with E-state index in [0.29, 0.717) is 6.07 Å². The van der Waals surface area contributed by atoms with Gasteiger partial charge in [0.2, 0.25) is 0 Å². The Labute approximate surface area is 88.3 Å². The molecule has 0 aliphatic heterocycles. The molecule has 1 aromatic rings. The second-order valence-corrected chi connectivity index (χ2v) is 3.33. The van der Waals surface area contributed by atoms with Gasteiger partial charge in [-0.05, 0) is 13.0 Å². The first kappa shape index (κ1) is 11.8. The molecule has 1 aromatic carbocycles. The molecule has 1 atom stereocenters. The molecule has 0 heterocycles. The van der Waals surface area contributed by atoms with Crippen molar-refractivity contribution in [2.75, 3.05) is 0 Å². The van der Waals surface area contributed by atoms with Crippen LogP contribution in [0.3, 0.4) is 0 Å². The van der Waals surface area contributed by atoms with Crippen molar-refractivity contribution in [3.05, 3.63) is 34.1 Å². The lowest BCUT2D eigenvalue weighted by Crippen LogP contribution is -2.11. The lowest BCUT2D eigenvalue weighted by Gasteiger charge is -2.09. The van der Waals surface area contributed by atoms with E-state index < -0.39 is 39.9 Å². The van der Waals surface area contributed by atoms with E-state index >= 15 is 0 Å². The first-order valence-electron chi connectivity index (χ1n) is 3.92. The predicted molar refractivity (Wildman–Crippen MR) is 47.4 cm³/mol. The fourth-order valence-electron chi connectivity index (χ4n) is 1.04. The van der Waals surface area contributed by atoms with Gasteiger partial charge in [0.1, 0.15) is 10.8 Å². The molecule has 1 unspecified atom stereocenters. The average Bonchev–Trinajstić information content (AvgIpc) is 2.19. The lowest BCUT2D eigenvalue weighted by molar-refractivity contribution is -0.138. The van der Waals surface area contributed by atoms with Gasteiger partial charge in [0.15, 0.2) is 11.6 Å². The summed E-state index contributed by atoms with van der Waals surface area (Å²) in [4.78, 5) is 10.5. The van der Waals surface area contributed by atoms with Crippen LogP contribution in [-0.2, 0) is 4.79 Å². The highest BCUT2D eigenvalue weighted by atomic mass is 35.5. The number of carboxylic acid groups (broad SMARTS) is 1. The summed E-state index contributed by atoms with van der Waals surface area (Å²) in [5.41, 5.74) is -0.480. The Morgan fingerprint density at radius 1 is 1.40 bits per heavy atom. The summed E-state index contributed by atoms with van der Waals surface area (Å²) in [6.45, 7) is 1.15. The molecule has 0 amide bonds. The third-order valence-corrected chi connectivity index (χ3v) is 2.30. The molecule has 0 aliphatic rings. The van der Waals surface area contributed by atoms with Crippen molar-refractivity contribution >= 4 is 17.6 Å². The smallest absolute Gasteiger partial charge is 0.310 e. The van der Waals surface area contributed by atoms with Gasteiger partial charge in [0, 0.05) is 5.56 Å². The van der Waals surface area contributed by atoms with Crippen LogP contribution < -0.4 is 0 Å². The number of benzene rings is 1. The number of carbonyl (C=O) groups is 1. The van der Waals surface area contributed by atoms with Crippen LogP contribution >= 0.6 is 11.6 Å². The Hall–Kier alpha value is -1.23. The van der Waals surface area contributed by atoms with Crippen molar-refractivity contribution in [3.8, 4) is 0 Å². The molecule has 2 nitrogen and oxygen atoms in total. The Bertz CT molecular complexity index is 420. The summed E-state index contributed by atoms with van der Waals surface area (Å²) in [6.07, 6.45) is 0. The minimum absolute atomic E-state index is 0.480. The summed E-state index contributed by atoms with van der Waals surface area (Å²) in [7, 11) is 0. The second-order valence-electron chi connectivity index (χ2n) is 2.95. The highest BCUT2D eigenvalue weighted by Gasteiger charge is 2.24. The van der Waals surface area contributed by atoms with Crippen molar-refractivity contribution in [1.29, 1.82) is 0 Å². The summed E-state index contributed by atoms with van der Waals surface area (Å²) in [5.74, 6) is -6.78. The van der Waals surface area contributed by atoms with Crippen LogP contribution in [0.5, 0.6) is 0 Å². The Morgan fingerprint density at radius 2 is 1.93 bits per heavy atom. The zero-order valence-electron chi connectivity index (χ0n) is 7.52. The largest absolute Gasteiger partial charge is 0.481 e. The van der Waals surface area contributed by atoms with E-state index in [2.05, 4.69) is 0 Å². The number of halogens is 4. The van der Waals surface area contributed by atoms with Crippen LogP contribution in [0.25, 0.3) is 0 Å². The SMILES string of the molecule is CC(C(=O)O)c1cc(F)c(F)c(Cl)c1F. The van der Waals surface area contributed by atoms with Gasteiger partial charge < -0.3 is 5.11 Å². The van der Waals surface area contributed by atoms with Crippen LogP contribution in [0.1, 0.15) is 18.4 Å². The molecule has 1 N–H and O–H groups in total. The Kier molecular flexibility index (Phi) is 3.24. The first-order chi connectivity index (χ1) is 6.86. The van der Waals surface area contributed by atoms with Gasteiger partial charge in [-0.1, -0.05) is 11.6 Å². The predicted octanol–water partition coefficient (Wildman–Crippen LogP) is 2.95. The second kappa shape index (κ2) is 4.10. The van der Waals surface area contributed by atoms with Crippen LogP contribution in [0.2, 0.25) is 5.02 Å². The van der Waals surface area contributed by atoms with Crippen molar-refractivity contribution < 1.29 is 23.1 Å². The van der Waals surface area contributed by atoms with E-state index in [1.54, 1.807) is 0 Å². The third-order valence-electron chi connectivity index (χ3n) is 1.97. The van der Waals surface area contributed by atoms with Crippen molar-refractivity contribution in [2.24, 2.45) is 0 Å². The number of aliphatic carboxylic acids is 1. The van der Waals surface area contributed by atoms with Gasteiger partial charge in [-0.2, -0.15) is 0 Å². The maximum atomic E-state index is 13.3. The van der Waals surface area contributed by atoms with Gasteiger partial charge in [-0.25, -0.2) is 13.2 Å². The molecule has 0 fully saturated rings. The molecular weight excluding hydrogens is 233 g/mol. The average molecular weight is 239 g/mol. The van der Waals surface area contributed by atoms with Crippen LogP contribution in [0, 0.1) is 17.5 Å². The topological polar surface area (TPSA) is 37.3 Å². The normalized spacial score (nSPS) is 12.6. The van der Waals surface area contributed by atoms with Crippen molar-refractivity contribution in [2.45, 2.75) is 12.8 Å². The van der Waals surface area contributed by atoms with Gasteiger partial charge in [0.05, 0.1) is 5.92 Å². The van der Waals surface area contributed by atoms with E-state index in [0.717, 1.165) is 6.92 Å². The van der Waals surface area contributed by atoms with Crippen LogP contribution in [-0.4, -0.2) is 11.1 Å². The molecular formula is C9H6ClF3O2. The van der Waals surface area contributed by atoms with Gasteiger partial charge in [-0.3, -0.25) is 4.79 Å². The van der Waals surface area contributed by atoms with Crippen LogP contribution in [0.15, 0.2) is 6.07 Å². The quantitative estimate of drug-likeness (QED) is 0.635. The Balaban J connectivity index is 3.38. The van der Waals surface area contributed by atoms with E-state index in [-0.39, 0.29) is 0 Å². The molecule has 1 rings (SSSR count). The maximum absolute atomic E-state index is 13.3. The van der Waals surface area contributed by atoms with Crippen molar-refractivity contribution in [1.82, 2.24) is 0 Å². The zero-order chi connectivity index (χ0) is 11.7. The molecule has 0 aromatic heterocycles. The zero-order valence-corrected chi connectivity index (χ0v) is 8.28. The molecule has 0 aliphatic carbocycles. The number of rotatable bonds is 2. The van der Waals surface area contributed by atoms with E-state index in [1.807, 2.05) is 0 Å². The summed E-state index contributed by atoms with van der Waals surface area (Å²) in [6, 6.07) is 0.495.